The van der Waals surface area contributed by atoms with E-state index in [9.17, 15) is 4.79 Å². The van der Waals surface area contributed by atoms with Crippen molar-refractivity contribution in [2.45, 2.75) is 13.0 Å². The number of nitrogens with zero attached hydrogens (tertiary/aromatic N) is 1. The Morgan fingerprint density at radius 3 is 2.71 bits per heavy atom. The molecule has 1 aliphatic rings. The van der Waals surface area contributed by atoms with Gasteiger partial charge >= 0.3 is 0 Å². The van der Waals surface area contributed by atoms with Crippen molar-refractivity contribution in [1.29, 1.82) is 0 Å². The lowest BCUT2D eigenvalue weighted by Gasteiger charge is -2.31. The van der Waals surface area contributed by atoms with Gasteiger partial charge < -0.3 is 15.2 Å². The minimum absolute atomic E-state index is 0.0841. The summed E-state index contributed by atoms with van der Waals surface area (Å²) < 4.78 is 0. The Kier molecular flexibility index (Phi) is 3.82. The van der Waals surface area contributed by atoms with Crippen LogP contribution in [0.2, 0.25) is 0 Å². The quantitative estimate of drug-likeness (QED) is 0.761. The Labute approximate surface area is 141 Å². The minimum Gasteiger partial charge on any atom is -0.351 e. The highest BCUT2D eigenvalue weighted by molar-refractivity contribution is 5.99. The molecule has 1 aliphatic heterocycles. The van der Waals surface area contributed by atoms with Crippen LogP contribution in [0.5, 0.6) is 0 Å². The van der Waals surface area contributed by atoms with Crippen LogP contribution in [0.1, 0.15) is 17.4 Å². The third-order valence-corrected chi connectivity index (χ3v) is 4.61. The first-order valence-electron chi connectivity index (χ1n) is 8.41. The highest BCUT2D eigenvalue weighted by atomic mass is 16.2. The van der Waals surface area contributed by atoms with Crippen molar-refractivity contribution in [2.24, 2.45) is 0 Å². The van der Waals surface area contributed by atoms with Crippen LogP contribution in [-0.4, -0.2) is 41.5 Å². The average Bonchev–Trinajstić information content (AvgIpc) is 3.05. The Hall–Kier alpha value is -2.59. The van der Waals surface area contributed by atoms with Crippen LogP contribution in [0.25, 0.3) is 22.0 Å². The normalized spacial score (nSPS) is 18.0. The number of aromatic amines is 1. The number of carbonyl (C=O) groups excluding carboxylic acids is 1. The molecule has 3 aromatic rings. The number of aromatic nitrogens is 1. The van der Waals surface area contributed by atoms with Gasteiger partial charge in [0.2, 0.25) is 0 Å². The number of nitrogens with one attached hydrogen (secondary N) is 2. The summed E-state index contributed by atoms with van der Waals surface area (Å²) in [7, 11) is 0. The van der Waals surface area contributed by atoms with E-state index in [1.807, 2.05) is 29.2 Å². The van der Waals surface area contributed by atoms with E-state index < -0.39 is 0 Å². The number of carbonyl (C=O) groups is 1. The third kappa shape index (κ3) is 2.81. The summed E-state index contributed by atoms with van der Waals surface area (Å²) in [4.78, 5) is 17.9. The second-order valence-corrected chi connectivity index (χ2v) is 6.46. The van der Waals surface area contributed by atoms with Crippen LogP contribution in [0.3, 0.4) is 0 Å². The van der Waals surface area contributed by atoms with E-state index in [4.69, 9.17) is 0 Å². The highest BCUT2D eigenvalue weighted by Crippen LogP contribution is 2.25. The molecule has 4 rings (SSSR count). The second kappa shape index (κ2) is 6.13. The lowest BCUT2D eigenvalue weighted by molar-refractivity contribution is 0.0704. The Morgan fingerprint density at radius 1 is 1.08 bits per heavy atom. The zero-order chi connectivity index (χ0) is 16.5. The monoisotopic (exact) mass is 319 g/mol. The Bertz CT molecular complexity index is 869. The molecule has 4 nitrogen and oxygen atoms in total. The first-order valence-corrected chi connectivity index (χ1v) is 8.41. The van der Waals surface area contributed by atoms with Gasteiger partial charge in [0.15, 0.2) is 0 Å². The molecule has 1 amide bonds. The molecule has 4 heteroatoms. The van der Waals surface area contributed by atoms with Crippen molar-refractivity contribution >= 4 is 16.8 Å². The van der Waals surface area contributed by atoms with E-state index in [2.05, 4.69) is 47.6 Å². The molecule has 0 radical (unpaired) electrons. The molecule has 2 N–H and O–H groups in total. The average molecular weight is 319 g/mol. The van der Waals surface area contributed by atoms with Crippen LogP contribution >= 0.6 is 0 Å². The number of hydrogen-bond donors (Lipinski definition) is 2. The molecule has 2 aromatic carbocycles. The lowest BCUT2D eigenvalue weighted by Crippen LogP contribution is -2.51. The molecule has 24 heavy (non-hydrogen) atoms. The van der Waals surface area contributed by atoms with Crippen LogP contribution < -0.4 is 5.32 Å². The molecule has 0 bridgehead atoms. The first kappa shape index (κ1) is 15.0. The van der Waals surface area contributed by atoms with Gasteiger partial charge in [-0.1, -0.05) is 36.4 Å². The zero-order valence-corrected chi connectivity index (χ0v) is 13.8. The van der Waals surface area contributed by atoms with Gasteiger partial charge in [-0.05, 0) is 36.2 Å². The standard InChI is InChI=1S/C20H21N3O/c1-14-13-23(10-9-21-14)20(24)19-12-17-11-16(7-8-18(17)22-19)15-5-3-2-4-6-15/h2-8,11-12,14,21-22H,9-10,13H2,1H3. The molecule has 1 aromatic heterocycles. The Balaban J connectivity index is 1.65. The molecule has 0 aliphatic carbocycles. The molecule has 1 unspecified atom stereocenters. The number of benzene rings is 2. The van der Waals surface area contributed by atoms with Gasteiger partial charge in [-0.3, -0.25) is 4.79 Å². The van der Waals surface area contributed by atoms with E-state index in [0.717, 1.165) is 36.1 Å². The first-order chi connectivity index (χ1) is 11.7. The van der Waals surface area contributed by atoms with E-state index in [-0.39, 0.29) is 5.91 Å². The van der Waals surface area contributed by atoms with E-state index in [0.29, 0.717) is 11.7 Å². The van der Waals surface area contributed by atoms with E-state index in [1.54, 1.807) is 0 Å². The Morgan fingerprint density at radius 2 is 1.92 bits per heavy atom. The summed E-state index contributed by atoms with van der Waals surface area (Å²) in [5.41, 5.74) is 4.02. The van der Waals surface area contributed by atoms with E-state index in [1.165, 1.54) is 5.56 Å². The molecule has 1 atom stereocenters. The fraction of sp³-hybridized carbons (Fsp3) is 0.250. The number of amides is 1. The van der Waals surface area contributed by atoms with Gasteiger partial charge in [-0.15, -0.1) is 0 Å². The van der Waals surface area contributed by atoms with Crippen LogP contribution in [0, 0.1) is 0 Å². The SMILES string of the molecule is CC1CN(C(=O)c2cc3cc(-c4ccccc4)ccc3[nH]2)CCN1. The largest absolute Gasteiger partial charge is 0.351 e. The summed E-state index contributed by atoms with van der Waals surface area (Å²) in [6, 6.07) is 18.9. The summed E-state index contributed by atoms with van der Waals surface area (Å²) in [5, 5.41) is 4.44. The van der Waals surface area contributed by atoms with Gasteiger partial charge in [-0.25, -0.2) is 0 Å². The smallest absolute Gasteiger partial charge is 0.270 e. The topological polar surface area (TPSA) is 48.1 Å². The fourth-order valence-corrected chi connectivity index (χ4v) is 3.35. The molecule has 0 spiro atoms. The molecule has 0 saturated carbocycles. The van der Waals surface area contributed by atoms with Crippen molar-refractivity contribution < 1.29 is 4.79 Å². The minimum atomic E-state index is 0.0841. The number of piperazine rings is 1. The zero-order valence-electron chi connectivity index (χ0n) is 13.8. The second-order valence-electron chi connectivity index (χ2n) is 6.46. The third-order valence-electron chi connectivity index (χ3n) is 4.61. The maximum Gasteiger partial charge on any atom is 0.270 e. The van der Waals surface area contributed by atoms with Gasteiger partial charge in [-0.2, -0.15) is 0 Å². The van der Waals surface area contributed by atoms with E-state index >= 15 is 0 Å². The van der Waals surface area contributed by atoms with Crippen molar-refractivity contribution in [3.05, 3.63) is 60.3 Å². The summed E-state index contributed by atoms with van der Waals surface area (Å²) in [6.07, 6.45) is 0. The number of H-pyrrole nitrogens is 1. The summed E-state index contributed by atoms with van der Waals surface area (Å²) in [5.74, 6) is 0.0841. The van der Waals surface area contributed by atoms with Gasteiger partial charge in [0.1, 0.15) is 5.69 Å². The maximum absolute atomic E-state index is 12.7. The molecule has 122 valence electrons. The molecule has 1 fully saturated rings. The van der Waals surface area contributed by atoms with Crippen LogP contribution in [-0.2, 0) is 0 Å². The molecule has 1 saturated heterocycles. The molecule has 2 heterocycles. The van der Waals surface area contributed by atoms with Crippen molar-refractivity contribution in [2.75, 3.05) is 19.6 Å². The number of hydrogen-bond acceptors (Lipinski definition) is 2. The predicted octanol–water partition coefficient (Wildman–Crippen LogP) is 3.27. The summed E-state index contributed by atoms with van der Waals surface area (Å²) in [6.45, 7) is 4.47. The maximum atomic E-state index is 12.7. The van der Waals surface area contributed by atoms with Crippen molar-refractivity contribution in [1.82, 2.24) is 15.2 Å². The van der Waals surface area contributed by atoms with Crippen molar-refractivity contribution in [3.63, 3.8) is 0 Å². The summed E-state index contributed by atoms with van der Waals surface area (Å²) >= 11 is 0. The van der Waals surface area contributed by atoms with Crippen LogP contribution in [0.15, 0.2) is 54.6 Å². The van der Waals surface area contributed by atoms with Gasteiger partial charge in [0, 0.05) is 36.6 Å². The van der Waals surface area contributed by atoms with Crippen molar-refractivity contribution in [3.8, 4) is 11.1 Å². The highest BCUT2D eigenvalue weighted by Gasteiger charge is 2.22. The lowest BCUT2D eigenvalue weighted by atomic mass is 10.0. The molecular weight excluding hydrogens is 298 g/mol. The van der Waals surface area contributed by atoms with Gasteiger partial charge in [0.05, 0.1) is 0 Å². The van der Waals surface area contributed by atoms with Crippen LogP contribution in [0.4, 0.5) is 0 Å². The predicted molar refractivity (Wildman–Crippen MR) is 97.1 cm³/mol. The fourth-order valence-electron chi connectivity index (χ4n) is 3.35. The number of rotatable bonds is 2. The number of fused-ring (bicyclic) bond motifs is 1. The van der Waals surface area contributed by atoms with Gasteiger partial charge in [0.25, 0.3) is 5.91 Å². The molecular formula is C20H21N3O.